The summed E-state index contributed by atoms with van der Waals surface area (Å²) >= 11 is 0. The van der Waals surface area contributed by atoms with Crippen LogP contribution >= 0.6 is 0 Å². The molecular formula is C18H14F3N3O3. The molecular weight excluding hydrogens is 363 g/mol. The van der Waals surface area contributed by atoms with Crippen molar-refractivity contribution in [1.82, 2.24) is 15.4 Å². The van der Waals surface area contributed by atoms with Gasteiger partial charge in [-0.25, -0.2) is 18.0 Å². The first kappa shape index (κ1) is 18.4. The van der Waals surface area contributed by atoms with Gasteiger partial charge >= 0.3 is 5.97 Å². The van der Waals surface area contributed by atoms with Gasteiger partial charge in [0.15, 0.2) is 23.1 Å². The third kappa shape index (κ3) is 3.91. The van der Waals surface area contributed by atoms with Crippen molar-refractivity contribution in [3.05, 3.63) is 65.1 Å². The van der Waals surface area contributed by atoms with Crippen LogP contribution in [0.3, 0.4) is 0 Å². The number of aromatic nitrogens is 3. The van der Waals surface area contributed by atoms with Gasteiger partial charge in [-0.2, -0.15) is 10.3 Å². The van der Waals surface area contributed by atoms with E-state index < -0.39 is 23.4 Å². The van der Waals surface area contributed by atoms with Gasteiger partial charge in [-0.1, -0.05) is 24.3 Å². The molecule has 3 rings (SSSR count). The van der Waals surface area contributed by atoms with Gasteiger partial charge in [-0.05, 0) is 12.5 Å². The van der Waals surface area contributed by atoms with E-state index >= 15 is 0 Å². The summed E-state index contributed by atoms with van der Waals surface area (Å²) in [7, 11) is 0. The van der Waals surface area contributed by atoms with E-state index in [1.54, 1.807) is 31.2 Å². The van der Waals surface area contributed by atoms with Crippen molar-refractivity contribution in [1.29, 1.82) is 0 Å². The van der Waals surface area contributed by atoms with Crippen LogP contribution < -0.4 is 4.74 Å². The second kappa shape index (κ2) is 7.90. The van der Waals surface area contributed by atoms with Crippen LogP contribution in [0.25, 0.3) is 11.3 Å². The second-order valence-electron chi connectivity index (χ2n) is 5.39. The average Bonchev–Trinajstić information content (AvgIpc) is 3.14. The van der Waals surface area contributed by atoms with Crippen LogP contribution in [0.4, 0.5) is 13.2 Å². The molecule has 0 saturated carbocycles. The SMILES string of the molecule is CCOC(=O)c1n[nH]nc1-c1ccccc1COc1cc(F)c(F)c(F)c1. The molecule has 6 nitrogen and oxygen atoms in total. The van der Waals surface area contributed by atoms with Crippen LogP contribution in [0.2, 0.25) is 0 Å². The van der Waals surface area contributed by atoms with E-state index in [2.05, 4.69) is 15.4 Å². The molecule has 0 aliphatic carbocycles. The summed E-state index contributed by atoms with van der Waals surface area (Å²) in [4.78, 5) is 12.0. The van der Waals surface area contributed by atoms with E-state index in [1.165, 1.54) is 0 Å². The number of carbonyl (C=O) groups excluding carboxylic acids is 1. The van der Waals surface area contributed by atoms with E-state index in [4.69, 9.17) is 9.47 Å². The van der Waals surface area contributed by atoms with Gasteiger partial charge in [0, 0.05) is 17.7 Å². The number of hydrogen-bond donors (Lipinski definition) is 1. The third-order valence-corrected chi connectivity index (χ3v) is 3.64. The van der Waals surface area contributed by atoms with Gasteiger partial charge in [-0.15, -0.1) is 5.10 Å². The molecule has 2 aromatic carbocycles. The Balaban J connectivity index is 1.88. The fraction of sp³-hybridized carbons (Fsp3) is 0.167. The van der Waals surface area contributed by atoms with Crippen molar-refractivity contribution in [3.63, 3.8) is 0 Å². The maximum Gasteiger partial charge on any atom is 0.361 e. The Morgan fingerprint density at radius 1 is 1.11 bits per heavy atom. The van der Waals surface area contributed by atoms with Gasteiger partial charge in [0.2, 0.25) is 0 Å². The van der Waals surface area contributed by atoms with Crippen molar-refractivity contribution in [2.75, 3.05) is 6.61 Å². The van der Waals surface area contributed by atoms with Crippen LogP contribution in [0.5, 0.6) is 5.75 Å². The van der Waals surface area contributed by atoms with Gasteiger partial charge in [-0.3, -0.25) is 0 Å². The molecule has 0 fully saturated rings. The highest BCUT2D eigenvalue weighted by Gasteiger charge is 2.21. The Morgan fingerprint density at radius 3 is 2.52 bits per heavy atom. The minimum Gasteiger partial charge on any atom is -0.489 e. The van der Waals surface area contributed by atoms with Gasteiger partial charge in [0.05, 0.1) is 6.61 Å². The fourth-order valence-corrected chi connectivity index (χ4v) is 2.41. The summed E-state index contributed by atoms with van der Waals surface area (Å²) in [5.74, 6) is -5.07. The lowest BCUT2D eigenvalue weighted by atomic mass is 10.0. The average molecular weight is 377 g/mol. The maximum absolute atomic E-state index is 13.3. The number of nitrogens with one attached hydrogen (secondary N) is 1. The Bertz CT molecular complexity index is 952. The molecule has 0 bridgehead atoms. The number of ether oxygens (including phenoxy) is 2. The molecule has 3 aromatic rings. The normalized spacial score (nSPS) is 10.7. The molecule has 0 radical (unpaired) electrons. The summed E-state index contributed by atoms with van der Waals surface area (Å²) < 4.78 is 50.0. The van der Waals surface area contributed by atoms with Crippen LogP contribution in [-0.2, 0) is 11.3 Å². The predicted octanol–water partition coefficient (Wildman–Crippen LogP) is 3.64. The number of carbonyl (C=O) groups is 1. The minimum atomic E-state index is -1.57. The van der Waals surface area contributed by atoms with Crippen LogP contribution in [0.1, 0.15) is 23.0 Å². The van der Waals surface area contributed by atoms with E-state index in [9.17, 15) is 18.0 Å². The lowest BCUT2D eigenvalue weighted by Gasteiger charge is -2.11. The molecule has 0 atom stereocenters. The zero-order valence-electron chi connectivity index (χ0n) is 14.1. The zero-order chi connectivity index (χ0) is 19.4. The smallest absolute Gasteiger partial charge is 0.361 e. The highest BCUT2D eigenvalue weighted by atomic mass is 19.2. The number of nitrogens with zero attached hydrogens (tertiary/aromatic N) is 2. The predicted molar refractivity (Wildman–Crippen MR) is 88.4 cm³/mol. The Morgan fingerprint density at radius 2 is 1.81 bits per heavy atom. The van der Waals surface area contributed by atoms with Crippen LogP contribution in [-0.4, -0.2) is 28.0 Å². The lowest BCUT2D eigenvalue weighted by Crippen LogP contribution is -2.08. The van der Waals surface area contributed by atoms with Crippen molar-refractivity contribution >= 4 is 5.97 Å². The molecule has 27 heavy (non-hydrogen) atoms. The number of hydrogen-bond acceptors (Lipinski definition) is 5. The highest BCUT2D eigenvalue weighted by molar-refractivity contribution is 5.94. The molecule has 0 amide bonds. The minimum absolute atomic E-state index is 0.00294. The number of aromatic amines is 1. The number of H-pyrrole nitrogens is 1. The zero-order valence-corrected chi connectivity index (χ0v) is 14.1. The molecule has 0 aliphatic heterocycles. The van der Waals surface area contributed by atoms with Crippen LogP contribution in [0.15, 0.2) is 36.4 Å². The van der Waals surface area contributed by atoms with Gasteiger partial charge < -0.3 is 9.47 Å². The first-order chi connectivity index (χ1) is 13.0. The molecule has 9 heteroatoms. The first-order valence-corrected chi connectivity index (χ1v) is 7.94. The molecule has 140 valence electrons. The third-order valence-electron chi connectivity index (χ3n) is 3.64. The molecule has 0 saturated heterocycles. The second-order valence-corrected chi connectivity index (χ2v) is 5.39. The van der Waals surface area contributed by atoms with E-state index in [0.29, 0.717) is 11.1 Å². The van der Waals surface area contributed by atoms with E-state index in [1.807, 2.05) is 0 Å². The van der Waals surface area contributed by atoms with Crippen molar-refractivity contribution < 1.29 is 27.4 Å². The Kier molecular flexibility index (Phi) is 5.39. The lowest BCUT2D eigenvalue weighted by molar-refractivity contribution is 0.0520. The van der Waals surface area contributed by atoms with E-state index in [0.717, 1.165) is 12.1 Å². The monoisotopic (exact) mass is 377 g/mol. The summed E-state index contributed by atoms with van der Waals surface area (Å²) in [5.41, 5.74) is 1.35. The summed E-state index contributed by atoms with van der Waals surface area (Å²) in [6.07, 6.45) is 0. The van der Waals surface area contributed by atoms with Crippen molar-refractivity contribution in [2.45, 2.75) is 13.5 Å². The largest absolute Gasteiger partial charge is 0.489 e. The van der Waals surface area contributed by atoms with Crippen LogP contribution in [0, 0.1) is 17.5 Å². The summed E-state index contributed by atoms with van der Waals surface area (Å²) in [6.45, 7) is 1.74. The number of benzene rings is 2. The Labute approximate surface area is 151 Å². The summed E-state index contributed by atoms with van der Waals surface area (Å²) in [6, 6.07) is 8.32. The van der Waals surface area contributed by atoms with Crippen molar-refractivity contribution in [3.8, 4) is 17.0 Å². The van der Waals surface area contributed by atoms with E-state index in [-0.39, 0.29) is 30.4 Å². The Hall–Kier alpha value is -3.36. The number of halogens is 3. The van der Waals surface area contributed by atoms with Gasteiger partial charge in [0.1, 0.15) is 18.1 Å². The quantitative estimate of drug-likeness (QED) is 0.524. The molecule has 0 unspecified atom stereocenters. The molecule has 1 heterocycles. The maximum atomic E-state index is 13.3. The number of rotatable bonds is 6. The highest BCUT2D eigenvalue weighted by Crippen LogP contribution is 2.26. The molecule has 1 N–H and O–H groups in total. The molecule has 0 aliphatic rings. The topological polar surface area (TPSA) is 77.1 Å². The molecule has 0 spiro atoms. The number of esters is 1. The fourth-order valence-electron chi connectivity index (χ4n) is 2.41. The standard InChI is InChI=1S/C18H14F3N3O3/c1-2-26-18(25)17-16(22-24-23-17)12-6-4-3-5-10(12)9-27-11-7-13(19)15(21)14(20)8-11/h3-8H,2,9H2,1H3,(H,22,23,24). The molecule has 1 aromatic heterocycles. The van der Waals surface area contributed by atoms with Gasteiger partial charge in [0.25, 0.3) is 0 Å². The van der Waals surface area contributed by atoms with Crippen molar-refractivity contribution in [2.24, 2.45) is 0 Å². The summed E-state index contributed by atoms with van der Waals surface area (Å²) in [5, 5.41) is 10.2. The first-order valence-electron chi connectivity index (χ1n) is 7.94.